The summed E-state index contributed by atoms with van der Waals surface area (Å²) in [7, 11) is 0. The van der Waals surface area contributed by atoms with Gasteiger partial charge in [0.2, 0.25) is 0 Å². The minimum Gasteiger partial charge on any atom is -0.382 e. The van der Waals surface area contributed by atoms with Crippen LogP contribution in [0.4, 0.5) is 5.82 Å². The second-order valence-electron chi connectivity index (χ2n) is 5.83. The molecule has 0 saturated heterocycles. The Labute approximate surface area is 140 Å². The zero-order valence-electron chi connectivity index (χ0n) is 14.1. The van der Waals surface area contributed by atoms with Crippen molar-refractivity contribution in [2.45, 2.75) is 39.8 Å². The van der Waals surface area contributed by atoms with E-state index in [0.29, 0.717) is 37.5 Å². The van der Waals surface area contributed by atoms with Crippen LogP contribution in [-0.2, 0) is 22.7 Å². The quantitative estimate of drug-likeness (QED) is 0.721. The number of carbonyl (C=O) groups is 1. The number of Topliss-reactive ketones (excluding diaryl/α,β-unsaturated/α-hetero) is 1. The number of carbonyl (C=O) groups excluding carboxylic acids is 1. The molecule has 2 N–H and O–H groups in total. The van der Waals surface area contributed by atoms with Gasteiger partial charge in [0.25, 0.3) is 0 Å². The summed E-state index contributed by atoms with van der Waals surface area (Å²) >= 11 is 0. The molecular formula is C18H22N4O2. The summed E-state index contributed by atoms with van der Waals surface area (Å²) in [6, 6.07) is 7.89. The highest BCUT2D eigenvalue weighted by atomic mass is 16.5. The lowest BCUT2D eigenvalue weighted by molar-refractivity contribution is -0.117. The normalized spacial score (nSPS) is 11.4. The summed E-state index contributed by atoms with van der Waals surface area (Å²) < 4.78 is 7.68. The second-order valence-corrected chi connectivity index (χ2v) is 5.83. The molecule has 0 atom stereocenters. The van der Waals surface area contributed by atoms with Crippen LogP contribution in [0, 0.1) is 0 Å². The SMILES string of the molecule is CCOCc1nc2c(N)nc3ccccc3c2n1CCCC(C)=O. The van der Waals surface area contributed by atoms with Gasteiger partial charge in [0.1, 0.15) is 23.7 Å². The number of fused-ring (bicyclic) bond motifs is 3. The predicted octanol–water partition coefficient (Wildman–Crippen LogP) is 3.07. The molecule has 0 aliphatic carbocycles. The van der Waals surface area contributed by atoms with Crippen molar-refractivity contribution in [3.63, 3.8) is 0 Å². The molecule has 126 valence electrons. The highest BCUT2D eigenvalue weighted by Gasteiger charge is 2.17. The first-order chi connectivity index (χ1) is 11.6. The van der Waals surface area contributed by atoms with Crippen molar-refractivity contribution in [1.29, 1.82) is 0 Å². The molecule has 0 spiro atoms. The van der Waals surface area contributed by atoms with Gasteiger partial charge >= 0.3 is 0 Å². The van der Waals surface area contributed by atoms with Crippen molar-refractivity contribution in [1.82, 2.24) is 14.5 Å². The van der Waals surface area contributed by atoms with Crippen molar-refractivity contribution < 1.29 is 9.53 Å². The number of aryl methyl sites for hydroxylation is 1. The van der Waals surface area contributed by atoms with E-state index >= 15 is 0 Å². The molecule has 0 fully saturated rings. The third kappa shape index (κ3) is 3.10. The maximum atomic E-state index is 11.3. The molecular weight excluding hydrogens is 304 g/mol. The average molecular weight is 326 g/mol. The number of ketones is 1. The number of hydrogen-bond acceptors (Lipinski definition) is 5. The van der Waals surface area contributed by atoms with Crippen LogP contribution in [0.5, 0.6) is 0 Å². The molecule has 2 heterocycles. The lowest BCUT2D eigenvalue weighted by Gasteiger charge is -2.10. The summed E-state index contributed by atoms with van der Waals surface area (Å²) in [5.41, 5.74) is 8.64. The third-order valence-corrected chi connectivity index (χ3v) is 4.04. The minimum atomic E-state index is 0.191. The van der Waals surface area contributed by atoms with Gasteiger partial charge in [-0.15, -0.1) is 0 Å². The van der Waals surface area contributed by atoms with Gasteiger partial charge in [-0.05, 0) is 26.3 Å². The van der Waals surface area contributed by atoms with Gasteiger partial charge in [-0.2, -0.15) is 0 Å². The van der Waals surface area contributed by atoms with Crippen molar-refractivity contribution in [3.8, 4) is 0 Å². The van der Waals surface area contributed by atoms with Gasteiger partial charge < -0.3 is 19.8 Å². The van der Waals surface area contributed by atoms with Gasteiger partial charge in [0.05, 0.1) is 11.0 Å². The van der Waals surface area contributed by atoms with Crippen molar-refractivity contribution in [2.75, 3.05) is 12.3 Å². The van der Waals surface area contributed by atoms with E-state index < -0.39 is 0 Å². The van der Waals surface area contributed by atoms with E-state index in [9.17, 15) is 4.79 Å². The number of hydrogen-bond donors (Lipinski definition) is 1. The lowest BCUT2D eigenvalue weighted by atomic mass is 10.1. The third-order valence-electron chi connectivity index (χ3n) is 4.04. The number of imidazole rings is 1. The predicted molar refractivity (Wildman–Crippen MR) is 94.7 cm³/mol. The van der Waals surface area contributed by atoms with Crippen LogP contribution in [-0.4, -0.2) is 26.9 Å². The summed E-state index contributed by atoms with van der Waals surface area (Å²) in [4.78, 5) is 20.4. The number of nitrogens with two attached hydrogens (primary N) is 1. The average Bonchev–Trinajstić information content (AvgIpc) is 2.92. The molecule has 0 bridgehead atoms. The Morgan fingerprint density at radius 1 is 1.29 bits per heavy atom. The number of anilines is 1. The maximum absolute atomic E-state index is 11.3. The number of ether oxygens (including phenoxy) is 1. The molecule has 3 rings (SSSR count). The van der Waals surface area contributed by atoms with Crippen LogP contribution in [0.2, 0.25) is 0 Å². The Morgan fingerprint density at radius 2 is 2.08 bits per heavy atom. The van der Waals surface area contributed by atoms with E-state index in [1.165, 1.54) is 0 Å². The van der Waals surface area contributed by atoms with Crippen LogP contribution in [0.3, 0.4) is 0 Å². The Kier molecular flexibility index (Phi) is 4.76. The topological polar surface area (TPSA) is 83.0 Å². The van der Waals surface area contributed by atoms with Crippen LogP contribution < -0.4 is 5.73 Å². The summed E-state index contributed by atoms with van der Waals surface area (Å²) in [6.07, 6.45) is 1.31. The summed E-state index contributed by atoms with van der Waals surface area (Å²) in [5.74, 6) is 1.43. The van der Waals surface area contributed by atoms with Crippen molar-refractivity contribution in [3.05, 3.63) is 30.1 Å². The molecule has 6 nitrogen and oxygen atoms in total. The van der Waals surface area contributed by atoms with Crippen LogP contribution in [0.25, 0.3) is 21.9 Å². The first-order valence-electron chi connectivity index (χ1n) is 8.22. The summed E-state index contributed by atoms with van der Waals surface area (Å²) in [5, 5.41) is 1.01. The Bertz CT molecular complexity index is 885. The fraction of sp³-hybridized carbons (Fsp3) is 0.389. The van der Waals surface area contributed by atoms with E-state index in [1.54, 1.807) is 6.92 Å². The molecule has 0 aliphatic rings. The number of para-hydroxylation sites is 1. The molecule has 0 saturated carbocycles. The number of benzene rings is 1. The zero-order valence-corrected chi connectivity index (χ0v) is 14.1. The molecule has 0 aliphatic heterocycles. The first kappa shape index (κ1) is 16.4. The summed E-state index contributed by atoms with van der Waals surface area (Å²) in [6.45, 7) is 5.30. The molecule has 6 heteroatoms. The smallest absolute Gasteiger partial charge is 0.152 e. The van der Waals surface area contributed by atoms with Gasteiger partial charge in [-0.1, -0.05) is 18.2 Å². The van der Waals surface area contributed by atoms with E-state index in [-0.39, 0.29) is 5.78 Å². The number of nitrogens with zero attached hydrogens (tertiary/aromatic N) is 3. The Morgan fingerprint density at radius 3 is 2.83 bits per heavy atom. The van der Waals surface area contributed by atoms with Crippen molar-refractivity contribution in [2.24, 2.45) is 0 Å². The van der Waals surface area contributed by atoms with E-state index in [0.717, 1.165) is 28.7 Å². The highest BCUT2D eigenvalue weighted by Crippen LogP contribution is 2.29. The number of pyridine rings is 1. The van der Waals surface area contributed by atoms with Gasteiger partial charge in [0.15, 0.2) is 5.82 Å². The second kappa shape index (κ2) is 6.97. The molecule has 0 unspecified atom stereocenters. The zero-order chi connectivity index (χ0) is 17.1. The van der Waals surface area contributed by atoms with Gasteiger partial charge in [-0.3, -0.25) is 0 Å². The van der Waals surface area contributed by atoms with Crippen LogP contribution in [0.15, 0.2) is 24.3 Å². The monoisotopic (exact) mass is 326 g/mol. The molecule has 2 aromatic heterocycles. The van der Waals surface area contributed by atoms with Crippen molar-refractivity contribution >= 4 is 33.5 Å². The fourth-order valence-electron chi connectivity index (χ4n) is 2.94. The van der Waals surface area contributed by atoms with Gasteiger partial charge in [0, 0.05) is 25.0 Å². The molecule has 1 aromatic carbocycles. The molecule has 0 radical (unpaired) electrons. The number of aromatic nitrogens is 3. The first-order valence-corrected chi connectivity index (χ1v) is 8.22. The van der Waals surface area contributed by atoms with E-state index in [1.807, 2.05) is 31.2 Å². The largest absolute Gasteiger partial charge is 0.382 e. The Hall–Kier alpha value is -2.47. The number of nitrogen functional groups attached to an aromatic ring is 1. The van der Waals surface area contributed by atoms with Gasteiger partial charge in [-0.25, -0.2) is 9.97 Å². The lowest BCUT2D eigenvalue weighted by Crippen LogP contribution is -2.07. The highest BCUT2D eigenvalue weighted by molar-refractivity contribution is 6.06. The van der Waals surface area contributed by atoms with Crippen LogP contribution >= 0.6 is 0 Å². The molecule has 24 heavy (non-hydrogen) atoms. The fourth-order valence-corrected chi connectivity index (χ4v) is 2.94. The Balaban J connectivity index is 2.16. The van der Waals surface area contributed by atoms with Crippen LogP contribution in [0.1, 0.15) is 32.5 Å². The standard InChI is InChI=1S/C18H22N4O2/c1-3-24-11-15-21-16-17(22(15)10-6-7-12(2)23)13-8-4-5-9-14(13)20-18(16)19/h4-5,8-9H,3,6-7,10-11H2,1-2H3,(H2,19,20). The maximum Gasteiger partial charge on any atom is 0.152 e. The molecule has 3 aromatic rings. The molecule has 0 amide bonds. The van der Waals surface area contributed by atoms with E-state index in [4.69, 9.17) is 10.5 Å². The number of rotatable bonds is 7. The minimum absolute atomic E-state index is 0.191. The van der Waals surface area contributed by atoms with E-state index in [2.05, 4.69) is 14.5 Å².